The van der Waals surface area contributed by atoms with Crippen molar-refractivity contribution >= 4 is 61.1 Å². The van der Waals surface area contributed by atoms with Crippen molar-refractivity contribution in [2.75, 3.05) is 0 Å². The lowest BCUT2D eigenvalue weighted by atomic mass is 9.99. The Balaban J connectivity index is 2.24. The molecule has 0 aromatic heterocycles. The second-order valence-corrected chi connectivity index (χ2v) is 7.56. The van der Waals surface area contributed by atoms with Crippen LogP contribution in [0.1, 0.15) is 17.2 Å². The number of benzene rings is 2. The summed E-state index contributed by atoms with van der Waals surface area (Å²) in [4.78, 5) is 0. The van der Waals surface area contributed by atoms with Gasteiger partial charge in [0.05, 0.1) is 6.04 Å². The number of nitrogens with two attached hydrogens (primary N) is 1. The van der Waals surface area contributed by atoms with Crippen molar-refractivity contribution in [2.24, 2.45) is 5.84 Å². The first-order valence-corrected chi connectivity index (χ1v) is 8.70. The van der Waals surface area contributed by atoms with Crippen LogP contribution in [0.15, 0.2) is 46.9 Å². The van der Waals surface area contributed by atoms with E-state index in [2.05, 4.69) is 109 Å². The molecule has 2 rings (SSSR count). The molecule has 0 saturated carbocycles. The summed E-state index contributed by atoms with van der Waals surface area (Å²) in [7, 11) is 0. The molecule has 0 spiro atoms. The maximum absolute atomic E-state index is 5.73. The quantitative estimate of drug-likeness (QED) is 0.341. The normalized spacial score (nSPS) is 12.4. The van der Waals surface area contributed by atoms with E-state index in [1.165, 1.54) is 18.3 Å². The van der Waals surface area contributed by atoms with E-state index in [4.69, 9.17) is 5.84 Å². The molecule has 19 heavy (non-hydrogen) atoms. The van der Waals surface area contributed by atoms with Gasteiger partial charge in [-0.25, -0.2) is 0 Å². The SMILES string of the molecule is NNC(Cc1ccc(I)cc1)c1cc(I)ccc1Br. The van der Waals surface area contributed by atoms with Crippen molar-refractivity contribution in [1.29, 1.82) is 0 Å². The Labute approximate surface area is 148 Å². The van der Waals surface area contributed by atoms with Gasteiger partial charge in [0.25, 0.3) is 0 Å². The van der Waals surface area contributed by atoms with Gasteiger partial charge < -0.3 is 0 Å². The van der Waals surface area contributed by atoms with Gasteiger partial charge in [-0.3, -0.25) is 11.3 Å². The Kier molecular flexibility index (Phi) is 6.07. The third-order valence-corrected chi connectivity index (χ3v) is 5.00. The van der Waals surface area contributed by atoms with Crippen LogP contribution in [0.5, 0.6) is 0 Å². The van der Waals surface area contributed by atoms with Crippen molar-refractivity contribution < 1.29 is 0 Å². The summed E-state index contributed by atoms with van der Waals surface area (Å²) in [6.45, 7) is 0. The number of halogens is 3. The Morgan fingerprint density at radius 1 is 1.05 bits per heavy atom. The van der Waals surface area contributed by atoms with E-state index in [0.29, 0.717) is 0 Å². The highest BCUT2D eigenvalue weighted by Gasteiger charge is 2.14. The zero-order valence-electron chi connectivity index (χ0n) is 10.0. The lowest BCUT2D eigenvalue weighted by Gasteiger charge is -2.18. The molecular formula is C14H13BrI2N2. The van der Waals surface area contributed by atoms with E-state index < -0.39 is 0 Å². The van der Waals surface area contributed by atoms with Crippen LogP contribution in [0.3, 0.4) is 0 Å². The molecule has 0 aliphatic rings. The summed E-state index contributed by atoms with van der Waals surface area (Å²) in [5, 5.41) is 0. The van der Waals surface area contributed by atoms with Crippen molar-refractivity contribution in [2.45, 2.75) is 12.5 Å². The first-order chi connectivity index (χ1) is 9.10. The summed E-state index contributed by atoms with van der Waals surface area (Å²) in [5.74, 6) is 5.73. The second kappa shape index (κ2) is 7.35. The lowest BCUT2D eigenvalue weighted by molar-refractivity contribution is 0.549. The first kappa shape index (κ1) is 15.7. The molecule has 0 bridgehead atoms. The summed E-state index contributed by atoms with van der Waals surface area (Å²) in [6.07, 6.45) is 0.867. The highest BCUT2D eigenvalue weighted by molar-refractivity contribution is 14.1. The van der Waals surface area contributed by atoms with Crippen LogP contribution in [0.2, 0.25) is 0 Å². The highest BCUT2D eigenvalue weighted by Crippen LogP contribution is 2.27. The Bertz CT molecular complexity index is 558. The molecule has 1 atom stereocenters. The minimum Gasteiger partial charge on any atom is -0.271 e. The maximum Gasteiger partial charge on any atom is 0.0511 e. The van der Waals surface area contributed by atoms with E-state index in [1.807, 2.05) is 0 Å². The van der Waals surface area contributed by atoms with E-state index in [1.54, 1.807) is 0 Å². The van der Waals surface area contributed by atoms with Crippen molar-refractivity contribution in [3.63, 3.8) is 0 Å². The Morgan fingerprint density at radius 2 is 1.68 bits per heavy atom. The van der Waals surface area contributed by atoms with Crippen LogP contribution in [0, 0.1) is 7.14 Å². The van der Waals surface area contributed by atoms with Gasteiger partial charge >= 0.3 is 0 Å². The van der Waals surface area contributed by atoms with Gasteiger partial charge in [0.1, 0.15) is 0 Å². The fraction of sp³-hybridized carbons (Fsp3) is 0.143. The second-order valence-electron chi connectivity index (χ2n) is 4.22. The van der Waals surface area contributed by atoms with Gasteiger partial charge in [0.15, 0.2) is 0 Å². The summed E-state index contributed by atoms with van der Waals surface area (Å²) in [5.41, 5.74) is 5.37. The molecular weight excluding hydrogens is 530 g/mol. The van der Waals surface area contributed by atoms with Gasteiger partial charge in [0.2, 0.25) is 0 Å². The molecule has 2 nitrogen and oxygen atoms in total. The first-order valence-electron chi connectivity index (χ1n) is 5.75. The zero-order valence-corrected chi connectivity index (χ0v) is 15.9. The Morgan fingerprint density at radius 3 is 2.32 bits per heavy atom. The molecule has 100 valence electrons. The largest absolute Gasteiger partial charge is 0.271 e. The minimum atomic E-state index is 0.101. The van der Waals surface area contributed by atoms with Crippen LogP contribution in [-0.4, -0.2) is 0 Å². The van der Waals surface area contributed by atoms with Crippen LogP contribution in [0.25, 0.3) is 0 Å². The summed E-state index contributed by atoms with van der Waals surface area (Å²) < 4.78 is 3.54. The molecule has 2 aromatic rings. The highest BCUT2D eigenvalue weighted by atomic mass is 127. The van der Waals surface area contributed by atoms with E-state index in [9.17, 15) is 0 Å². The van der Waals surface area contributed by atoms with Gasteiger partial charge in [0, 0.05) is 11.6 Å². The number of nitrogens with one attached hydrogen (secondary N) is 1. The predicted octanol–water partition coefficient (Wildman–Crippen LogP) is 4.41. The van der Waals surface area contributed by atoms with Crippen LogP contribution in [-0.2, 0) is 6.42 Å². The van der Waals surface area contributed by atoms with Crippen LogP contribution >= 0.6 is 61.1 Å². The smallest absolute Gasteiger partial charge is 0.0511 e. The lowest BCUT2D eigenvalue weighted by Crippen LogP contribution is -2.30. The summed E-state index contributed by atoms with van der Waals surface area (Å²) >= 11 is 8.23. The molecule has 0 aliphatic carbocycles. The fourth-order valence-electron chi connectivity index (χ4n) is 1.90. The summed E-state index contributed by atoms with van der Waals surface area (Å²) in [6, 6.07) is 14.9. The topological polar surface area (TPSA) is 38.0 Å². The van der Waals surface area contributed by atoms with E-state index in [0.717, 1.165) is 10.9 Å². The van der Waals surface area contributed by atoms with E-state index in [-0.39, 0.29) is 6.04 Å². The van der Waals surface area contributed by atoms with Crippen molar-refractivity contribution in [3.8, 4) is 0 Å². The molecule has 0 aliphatic heterocycles. The molecule has 0 radical (unpaired) electrons. The third-order valence-electron chi connectivity index (χ3n) is 2.89. The predicted molar refractivity (Wildman–Crippen MR) is 99.8 cm³/mol. The molecule has 5 heteroatoms. The molecule has 2 aromatic carbocycles. The van der Waals surface area contributed by atoms with Crippen LogP contribution in [0.4, 0.5) is 0 Å². The number of rotatable bonds is 4. The molecule has 0 heterocycles. The zero-order chi connectivity index (χ0) is 13.8. The standard InChI is InChI=1S/C14H13BrI2N2/c15-13-6-5-11(17)8-12(13)14(19-18)7-9-1-3-10(16)4-2-9/h1-6,8,14,19H,7,18H2. The monoisotopic (exact) mass is 542 g/mol. The van der Waals surface area contributed by atoms with Crippen molar-refractivity contribution in [1.82, 2.24) is 5.43 Å². The molecule has 0 amide bonds. The maximum atomic E-state index is 5.73. The average molecular weight is 543 g/mol. The molecule has 1 unspecified atom stereocenters. The third kappa shape index (κ3) is 4.38. The van der Waals surface area contributed by atoms with Gasteiger partial charge in [-0.15, -0.1) is 0 Å². The van der Waals surface area contributed by atoms with Crippen molar-refractivity contribution in [3.05, 3.63) is 65.2 Å². The fourth-order valence-corrected chi connectivity index (χ4v) is 3.29. The van der Waals surface area contributed by atoms with Crippen LogP contribution < -0.4 is 11.3 Å². The Hall–Kier alpha value is 0.300. The number of hydrogen-bond donors (Lipinski definition) is 2. The number of hydrogen-bond acceptors (Lipinski definition) is 2. The van der Waals surface area contributed by atoms with Gasteiger partial charge in [-0.05, 0) is 93.1 Å². The van der Waals surface area contributed by atoms with Gasteiger partial charge in [-0.1, -0.05) is 28.1 Å². The molecule has 0 fully saturated rings. The molecule has 3 N–H and O–H groups in total. The molecule has 0 saturated heterocycles. The van der Waals surface area contributed by atoms with E-state index >= 15 is 0 Å². The number of hydrazine groups is 1. The minimum absolute atomic E-state index is 0.101. The van der Waals surface area contributed by atoms with Gasteiger partial charge in [-0.2, -0.15) is 0 Å². The average Bonchev–Trinajstić information content (AvgIpc) is 2.41.